The van der Waals surface area contributed by atoms with Crippen LogP contribution in [0.1, 0.15) is 12.5 Å². The molecule has 3 N–H and O–H groups in total. The number of para-hydroxylation sites is 1. The van der Waals surface area contributed by atoms with Gasteiger partial charge < -0.3 is 10.1 Å². The van der Waals surface area contributed by atoms with Gasteiger partial charge in [0, 0.05) is 6.54 Å². The normalized spacial score (nSPS) is 12.4. The fraction of sp³-hybridized carbons (Fsp3) is 0.188. The highest BCUT2D eigenvalue weighted by molar-refractivity contribution is 7.89. The van der Waals surface area contributed by atoms with Crippen LogP contribution in [0.4, 0.5) is 0 Å². The van der Waals surface area contributed by atoms with E-state index in [1.165, 1.54) is 12.1 Å². The number of benzene rings is 2. The van der Waals surface area contributed by atoms with Gasteiger partial charge in [-0.25, -0.2) is 13.6 Å². The molecule has 0 aromatic heterocycles. The first-order valence-corrected chi connectivity index (χ1v) is 8.52. The van der Waals surface area contributed by atoms with Gasteiger partial charge in [0.05, 0.1) is 4.90 Å². The summed E-state index contributed by atoms with van der Waals surface area (Å²) in [6, 6.07) is 15.1. The number of hydrogen-bond acceptors (Lipinski definition) is 4. The highest BCUT2D eigenvalue weighted by atomic mass is 32.2. The molecule has 0 saturated carbocycles. The van der Waals surface area contributed by atoms with E-state index in [2.05, 4.69) is 5.32 Å². The summed E-state index contributed by atoms with van der Waals surface area (Å²) in [5.74, 6) is 0.358. The first kappa shape index (κ1) is 17.0. The molecule has 6 nitrogen and oxygen atoms in total. The number of rotatable bonds is 6. The minimum atomic E-state index is -3.71. The molecule has 0 heterocycles. The van der Waals surface area contributed by atoms with Gasteiger partial charge in [-0.2, -0.15) is 0 Å². The van der Waals surface area contributed by atoms with E-state index in [1.54, 1.807) is 31.2 Å². The van der Waals surface area contributed by atoms with Crippen LogP contribution in [0.2, 0.25) is 0 Å². The summed E-state index contributed by atoms with van der Waals surface area (Å²) in [6.45, 7) is 1.93. The molecule has 0 fully saturated rings. The van der Waals surface area contributed by atoms with Crippen molar-refractivity contribution >= 4 is 15.9 Å². The maximum absolute atomic E-state index is 12.0. The highest BCUT2D eigenvalue weighted by Gasteiger charge is 2.14. The van der Waals surface area contributed by atoms with Crippen LogP contribution in [0.3, 0.4) is 0 Å². The molecule has 1 atom stereocenters. The Bertz CT molecular complexity index is 758. The van der Waals surface area contributed by atoms with Crippen LogP contribution in [0.5, 0.6) is 5.75 Å². The van der Waals surface area contributed by atoms with E-state index in [0.29, 0.717) is 5.75 Å². The van der Waals surface area contributed by atoms with Crippen molar-refractivity contribution in [1.29, 1.82) is 0 Å². The molecule has 0 aliphatic carbocycles. The quantitative estimate of drug-likeness (QED) is 0.834. The van der Waals surface area contributed by atoms with Gasteiger partial charge in [0.1, 0.15) is 5.75 Å². The topological polar surface area (TPSA) is 98.5 Å². The van der Waals surface area contributed by atoms with Crippen molar-refractivity contribution in [3.05, 3.63) is 60.2 Å². The summed E-state index contributed by atoms with van der Waals surface area (Å²) in [4.78, 5) is 12.0. The summed E-state index contributed by atoms with van der Waals surface area (Å²) < 4.78 is 27.8. The summed E-state index contributed by atoms with van der Waals surface area (Å²) >= 11 is 0. The number of nitrogens with two attached hydrogens (primary N) is 1. The number of primary sulfonamides is 1. The third kappa shape index (κ3) is 5.08. The zero-order chi connectivity index (χ0) is 16.9. The van der Waals surface area contributed by atoms with Crippen LogP contribution in [0.15, 0.2) is 59.5 Å². The molecule has 0 bridgehead atoms. The number of amides is 1. The first-order chi connectivity index (χ1) is 10.9. The van der Waals surface area contributed by atoms with Crippen molar-refractivity contribution in [2.45, 2.75) is 24.5 Å². The molecule has 2 rings (SSSR count). The molecule has 0 aliphatic heterocycles. The number of sulfonamides is 1. The maximum atomic E-state index is 12.0. The Labute approximate surface area is 135 Å². The third-order valence-electron chi connectivity index (χ3n) is 3.14. The zero-order valence-corrected chi connectivity index (χ0v) is 13.4. The van der Waals surface area contributed by atoms with Crippen LogP contribution in [0, 0.1) is 0 Å². The Morgan fingerprint density at radius 2 is 1.74 bits per heavy atom. The standard InChI is InChI=1S/C16H18N2O4S/c1-12(22-14-5-3-2-4-6-14)16(19)18-11-13-7-9-15(10-8-13)23(17,20)21/h2-10,12H,11H2,1H3,(H,18,19)(H2,17,20,21). The molecule has 2 aromatic carbocycles. The molecule has 2 aromatic rings. The van der Waals surface area contributed by atoms with Crippen molar-refractivity contribution in [2.75, 3.05) is 0 Å². The molecule has 23 heavy (non-hydrogen) atoms. The fourth-order valence-corrected chi connectivity index (χ4v) is 2.40. The summed E-state index contributed by atoms with van der Waals surface area (Å²) in [7, 11) is -3.71. The Kier molecular flexibility index (Phi) is 5.36. The molecule has 1 unspecified atom stereocenters. The Morgan fingerprint density at radius 3 is 2.30 bits per heavy atom. The number of hydrogen-bond donors (Lipinski definition) is 2. The van der Waals surface area contributed by atoms with E-state index in [1.807, 2.05) is 18.2 Å². The molecular weight excluding hydrogens is 316 g/mol. The lowest BCUT2D eigenvalue weighted by Crippen LogP contribution is -2.35. The van der Waals surface area contributed by atoms with E-state index in [0.717, 1.165) is 5.56 Å². The van der Waals surface area contributed by atoms with Crippen molar-refractivity contribution in [3.63, 3.8) is 0 Å². The average molecular weight is 334 g/mol. The highest BCUT2D eigenvalue weighted by Crippen LogP contribution is 2.11. The van der Waals surface area contributed by atoms with Gasteiger partial charge >= 0.3 is 0 Å². The van der Waals surface area contributed by atoms with Crippen molar-refractivity contribution in [1.82, 2.24) is 5.32 Å². The van der Waals surface area contributed by atoms with Crippen LogP contribution in [0.25, 0.3) is 0 Å². The number of carbonyl (C=O) groups is 1. The largest absolute Gasteiger partial charge is 0.481 e. The molecule has 7 heteroatoms. The molecule has 0 spiro atoms. The first-order valence-electron chi connectivity index (χ1n) is 6.97. The van der Waals surface area contributed by atoms with E-state index < -0.39 is 16.1 Å². The number of ether oxygens (including phenoxy) is 1. The van der Waals surface area contributed by atoms with Crippen molar-refractivity contribution < 1.29 is 17.9 Å². The minimum absolute atomic E-state index is 0.0355. The smallest absolute Gasteiger partial charge is 0.261 e. The third-order valence-corrected chi connectivity index (χ3v) is 4.07. The van der Waals surface area contributed by atoms with Gasteiger partial charge in [-0.1, -0.05) is 30.3 Å². The lowest BCUT2D eigenvalue weighted by atomic mass is 10.2. The Balaban J connectivity index is 1.89. The number of nitrogens with one attached hydrogen (secondary N) is 1. The van der Waals surface area contributed by atoms with Gasteiger partial charge in [-0.3, -0.25) is 4.79 Å². The summed E-state index contributed by atoms with van der Waals surface area (Å²) in [5.41, 5.74) is 0.762. The lowest BCUT2D eigenvalue weighted by molar-refractivity contribution is -0.127. The minimum Gasteiger partial charge on any atom is -0.481 e. The number of carbonyl (C=O) groups excluding carboxylic acids is 1. The Morgan fingerprint density at radius 1 is 1.13 bits per heavy atom. The van der Waals surface area contributed by atoms with Crippen LogP contribution >= 0.6 is 0 Å². The van der Waals surface area contributed by atoms with Crippen molar-refractivity contribution in [3.8, 4) is 5.75 Å². The van der Waals surface area contributed by atoms with Gasteiger partial charge in [0.25, 0.3) is 5.91 Å². The van der Waals surface area contributed by atoms with Crippen LogP contribution < -0.4 is 15.2 Å². The molecule has 1 amide bonds. The fourth-order valence-electron chi connectivity index (χ4n) is 1.89. The SMILES string of the molecule is CC(Oc1ccccc1)C(=O)NCc1ccc(S(N)(=O)=O)cc1. The lowest BCUT2D eigenvalue weighted by Gasteiger charge is -2.14. The second-order valence-corrected chi connectivity index (χ2v) is 6.54. The average Bonchev–Trinajstić information content (AvgIpc) is 2.53. The van der Waals surface area contributed by atoms with Gasteiger partial charge in [0.2, 0.25) is 10.0 Å². The molecule has 0 saturated heterocycles. The van der Waals surface area contributed by atoms with E-state index in [9.17, 15) is 13.2 Å². The second-order valence-electron chi connectivity index (χ2n) is 4.98. The maximum Gasteiger partial charge on any atom is 0.261 e. The van der Waals surface area contributed by atoms with E-state index in [-0.39, 0.29) is 17.3 Å². The van der Waals surface area contributed by atoms with Crippen LogP contribution in [-0.4, -0.2) is 20.4 Å². The molecule has 0 radical (unpaired) electrons. The molecule has 0 aliphatic rings. The monoisotopic (exact) mass is 334 g/mol. The summed E-state index contributed by atoms with van der Waals surface area (Å²) in [5, 5.41) is 7.76. The van der Waals surface area contributed by atoms with E-state index >= 15 is 0 Å². The predicted octanol–water partition coefficient (Wildman–Crippen LogP) is 1.42. The second kappa shape index (κ2) is 7.26. The van der Waals surface area contributed by atoms with Gasteiger partial charge in [0.15, 0.2) is 6.10 Å². The molecular formula is C16H18N2O4S. The van der Waals surface area contributed by atoms with Gasteiger partial charge in [-0.15, -0.1) is 0 Å². The zero-order valence-electron chi connectivity index (χ0n) is 12.6. The predicted molar refractivity (Wildman–Crippen MR) is 86.2 cm³/mol. The van der Waals surface area contributed by atoms with Crippen molar-refractivity contribution in [2.24, 2.45) is 5.14 Å². The van der Waals surface area contributed by atoms with Gasteiger partial charge in [-0.05, 0) is 36.8 Å². The summed E-state index contributed by atoms with van der Waals surface area (Å²) in [6.07, 6.45) is -0.638. The molecule has 122 valence electrons. The Hall–Kier alpha value is -2.38. The van der Waals surface area contributed by atoms with Crippen LogP contribution in [-0.2, 0) is 21.4 Å². The van der Waals surface area contributed by atoms with E-state index in [4.69, 9.17) is 9.88 Å².